The van der Waals surface area contributed by atoms with Gasteiger partial charge in [-0.15, -0.1) is 0 Å². The van der Waals surface area contributed by atoms with E-state index in [1.54, 1.807) is 6.08 Å². The van der Waals surface area contributed by atoms with E-state index in [9.17, 15) is 19.8 Å². The van der Waals surface area contributed by atoms with Crippen LogP contribution in [-0.2, 0) is 20.9 Å². The maximum absolute atomic E-state index is 12.3. The minimum absolute atomic E-state index is 0.0638. The molecule has 1 fully saturated rings. The van der Waals surface area contributed by atoms with E-state index in [1.807, 2.05) is 36.4 Å². The average Bonchev–Trinajstić information content (AvgIpc) is 3.00. The molecule has 30 heavy (non-hydrogen) atoms. The van der Waals surface area contributed by atoms with Crippen LogP contribution in [0.3, 0.4) is 0 Å². The number of ketones is 1. The quantitative estimate of drug-likeness (QED) is 0.419. The number of carbonyl (C=O) groups is 2. The molecular formula is C23H28O7. The summed E-state index contributed by atoms with van der Waals surface area (Å²) in [5.41, 5.74) is 0.911. The molecule has 162 valence electrons. The van der Waals surface area contributed by atoms with Gasteiger partial charge in [-0.3, -0.25) is 9.59 Å². The minimum Gasteiger partial charge on any atom is -0.481 e. The van der Waals surface area contributed by atoms with Crippen molar-refractivity contribution >= 4 is 11.8 Å². The van der Waals surface area contributed by atoms with E-state index in [2.05, 4.69) is 0 Å². The average molecular weight is 416 g/mol. The maximum Gasteiger partial charge on any atom is 0.303 e. The van der Waals surface area contributed by atoms with Gasteiger partial charge in [-0.1, -0.05) is 42.5 Å². The van der Waals surface area contributed by atoms with Crippen LogP contribution < -0.4 is 4.74 Å². The summed E-state index contributed by atoms with van der Waals surface area (Å²) in [6.07, 6.45) is 6.18. The minimum atomic E-state index is -1.05. The molecule has 3 rings (SSSR count). The second kappa shape index (κ2) is 10.5. The van der Waals surface area contributed by atoms with Crippen LogP contribution in [0.4, 0.5) is 0 Å². The van der Waals surface area contributed by atoms with Crippen LogP contribution in [0.5, 0.6) is 5.75 Å². The highest BCUT2D eigenvalue weighted by Gasteiger charge is 2.39. The highest BCUT2D eigenvalue weighted by molar-refractivity contribution is 5.86. The van der Waals surface area contributed by atoms with E-state index in [4.69, 9.17) is 14.6 Å². The number of unbranched alkanes of at least 4 members (excludes halogenated alkanes) is 1. The first-order chi connectivity index (χ1) is 14.5. The van der Waals surface area contributed by atoms with Gasteiger partial charge in [-0.25, -0.2) is 0 Å². The van der Waals surface area contributed by atoms with E-state index < -0.39 is 30.4 Å². The van der Waals surface area contributed by atoms with E-state index in [-0.39, 0.29) is 24.5 Å². The van der Waals surface area contributed by atoms with Crippen LogP contribution in [0.2, 0.25) is 0 Å². The first-order valence-corrected chi connectivity index (χ1v) is 10.3. The second-order valence-corrected chi connectivity index (χ2v) is 7.70. The molecule has 5 atom stereocenters. The van der Waals surface area contributed by atoms with Gasteiger partial charge in [0, 0.05) is 30.2 Å². The van der Waals surface area contributed by atoms with Crippen molar-refractivity contribution < 1.29 is 34.4 Å². The summed E-state index contributed by atoms with van der Waals surface area (Å²) < 4.78 is 11.3. The zero-order valence-corrected chi connectivity index (χ0v) is 16.7. The molecule has 0 amide bonds. The number of aliphatic carboxylic acids is 1. The SMILES string of the molecule is O=C(O)CCCC=CC[C@H]1[C@@H](O)CC(=O)[C@@H]1C=C[C@@H](O)[C@H]1OCc2ccccc2O1. The monoisotopic (exact) mass is 416 g/mol. The second-order valence-electron chi connectivity index (χ2n) is 7.70. The van der Waals surface area contributed by atoms with E-state index in [1.165, 1.54) is 6.08 Å². The number of aliphatic hydroxyl groups is 2. The van der Waals surface area contributed by atoms with Crippen LogP contribution in [0, 0.1) is 11.8 Å². The summed E-state index contributed by atoms with van der Waals surface area (Å²) in [7, 11) is 0. The molecule has 2 aliphatic rings. The summed E-state index contributed by atoms with van der Waals surface area (Å²) in [6, 6.07) is 7.45. The van der Waals surface area contributed by atoms with Gasteiger partial charge >= 0.3 is 5.97 Å². The Morgan fingerprint density at radius 3 is 2.87 bits per heavy atom. The lowest BCUT2D eigenvalue weighted by molar-refractivity contribution is -0.152. The topological polar surface area (TPSA) is 113 Å². The van der Waals surface area contributed by atoms with Gasteiger partial charge < -0.3 is 24.8 Å². The van der Waals surface area contributed by atoms with Crippen molar-refractivity contribution in [1.29, 1.82) is 0 Å². The number of carbonyl (C=O) groups excluding carboxylic acids is 1. The molecule has 1 heterocycles. The first-order valence-electron chi connectivity index (χ1n) is 10.3. The molecule has 1 aromatic carbocycles. The van der Waals surface area contributed by atoms with Crippen molar-refractivity contribution in [3.05, 3.63) is 54.1 Å². The van der Waals surface area contributed by atoms with Gasteiger partial charge in [-0.05, 0) is 25.3 Å². The third-order valence-electron chi connectivity index (χ3n) is 5.49. The largest absolute Gasteiger partial charge is 0.481 e. The lowest BCUT2D eigenvalue weighted by Crippen LogP contribution is -2.36. The molecule has 0 unspecified atom stereocenters. The summed E-state index contributed by atoms with van der Waals surface area (Å²) in [5.74, 6) is -0.983. The van der Waals surface area contributed by atoms with Crippen molar-refractivity contribution in [3.63, 3.8) is 0 Å². The van der Waals surface area contributed by atoms with Gasteiger partial charge in [-0.2, -0.15) is 0 Å². The fraction of sp³-hybridized carbons (Fsp3) is 0.478. The Labute approximate surface area is 175 Å². The number of carboxylic acids is 1. The van der Waals surface area contributed by atoms with Crippen molar-refractivity contribution in [1.82, 2.24) is 0 Å². The predicted octanol–water partition coefficient (Wildman–Crippen LogP) is 2.61. The number of allylic oxidation sites excluding steroid dienone is 3. The molecule has 1 saturated carbocycles. The zero-order valence-electron chi connectivity index (χ0n) is 16.7. The molecule has 7 heteroatoms. The molecule has 1 aromatic rings. The highest BCUT2D eigenvalue weighted by Crippen LogP contribution is 2.34. The number of fused-ring (bicyclic) bond motifs is 1. The first kappa shape index (κ1) is 22.2. The number of para-hydroxylation sites is 1. The van der Waals surface area contributed by atoms with Gasteiger partial charge in [0.05, 0.1) is 12.7 Å². The van der Waals surface area contributed by atoms with Crippen molar-refractivity contribution in [2.45, 2.75) is 57.2 Å². The molecule has 0 aromatic heterocycles. The molecule has 0 saturated heterocycles. The van der Waals surface area contributed by atoms with Gasteiger partial charge in [0.1, 0.15) is 17.6 Å². The van der Waals surface area contributed by atoms with Crippen molar-refractivity contribution in [2.75, 3.05) is 0 Å². The normalized spacial score (nSPS) is 27.3. The van der Waals surface area contributed by atoms with E-state index in [0.717, 1.165) is 5.56 Å². The Balaban J connectivity index is 1.55. The number of benzene rings is 1. The van der Waals surface area contributed by atoms with Crippen LogP contribution in [-0.4, -0.2) is 45.6 Å². The maximum atomic E-state index is 12.3. The Morgan fingerprint density at radius 1 is 1.27 bits per heavy atom. The number of carboxylic acid groups (broad SMARTS) is 1. The number of aliphatic hydroxyl groups excluding tert-OH is 2. The molecule has 0 bridgehead atoms. The van der Waals surface area contributed by atoms with Gasteiger partial charge in [0.15, 0.2) is 0 Å². The third kappa shape index (κ3) is 5.78. The van der Waals surface area contributed by atoms with Gasteiger partial charge in [0.25, 0.3) is 0 Å². The molecular weight excluding hydrogens is 388 g/mol. The molecule has 1 aliphatic carbocycles. The van der Waals surface area contributed by atoms with Gasteiger partial charge in [0.2, 0.25) is 6.29 Å². The molecule has 0 spiro atoms. The Kier molecular flexibility index (Phi) is 7.79. The standard InChI is InChI=1S/C23H28O7/c24-18(23-29-14-15-7-5-6-9-21(15)30-23)12-11-17-16(19(25)13-20(17)26)8-3-1-2-4-10-22(27)28/h1,3,5-7,9,11-12,16-19,23-25H,2,4,8,10,13-14H2,(H,27,28)/t16-,17-,18-,19+,23+/m1/s1. The fourth-order valence-corrected chi connectivity index (χ4v) is 3.83. The molecule has 7 nitrogen and oxygen atoms in total. The highest BCUT2D eigenvalue weighted by atomic mass is 16.7. The summed E-state index contributed by atoms with van der Waals surface area (Å²) >= 11 is 0. The Morgan fingerprint density at radius 2 is 2.07 bits per heavy atom. The van der Waals surface area contributed by atoms with E-state index >= 15 is 0 Å². The number of Topliss-reactive ketones (excluding diaryl/α,β-unsaturated/α-hetero) is 1. The molecule has 0 radical (unpaired) electrons. The Bertz CT molecular complexity index is 800. The molecule has 3 N–H and O–H groups in total. The van der Waals surface area contributed by atoms with Crippen LogP contribution in [0.15, 0.2) is 48.6 Å². The smallest absolute Gasteiger partial charge is 0.303 e. The third-order valence-corrected chi connectivity index (χ3v) is 5.49. The number of hydrogen-bond acceptors (Lipinski definition) is 6. The lowest BCUT2D eigenvalue weighted by atomic mass is 9.90. The zero-order chi connectivity index (χ0) is 21.5. The van der Waals surface area contributed by atoms with Crippen LogP contribution in [0.1, 0.15) is 37.7 Å². The summed E-state index contributed by atoms with van der Waals surface area (Å²) in [6.45, 7) is 0.335. The summed E-state index contributed by atoms with van der Waals surface area (Å²) in [5, 5.41) is 29.3. The predicted molar refractivity (Wildman–Crippen MR) is 109 cm³/mol. The fourth-order valence-electron chi connectivity index (χ4n) is 3.83. The van der Waals surface area contributed by atoms with E-state index in [0.29, 0.717) is 31.6 Å². The lowest BCUT2D eigenvalue weighted by Gasteiger charge is -2.28. The summed E-state index contributed by atoms with van der Waals surface area (Å²) in [4.78, 5) is 22.8. The number of rotatable bonds is 9. The number of hydrogen-bond donors (Lipinski definition) is 3. The van der Waals surface area contributed by atoms with Crippen molar-refractivity contribution in [2.24, 2.45) is 11.8 Å². The molecule has 1 aliphatic heterocycles. The van der Waals surface area contributed by atoms with Crippen LogP contribution in [0.25, 0.3) is 0 Å². The van der Waals surface area contributed by atoms with Crippen molar-refractivity contribution in [3.8, 4) is 5.75 Å². The Hall–Kier alpha value is -2.48. The number of ether oxygens (including phenoxy) is 2. The van der Waals surface area contributed by atoms with Crippen LogP contribution >= 0.6 is 0 Å².